The molecule has 118 valence electrons. The van der Waals surface area contributed by atoms with Crippen molar-refractivity contribution in [3.63, 3.8) is 0 Å². The van der Waals surface area contributed by atoms with Crippen LogP contribution in [-0.2, 0) is 9.63 Å². The van der Waals surface area contributed by atoms with E-state index in [0.29, 0.717) is 43.7 Å². The zero-order valence-corrected chi connectivity index (χ0v) is 12.9. The zero-order valence-electron chi connectivity index (χ0n) is 12.9. The molecule has 1 aromatic carbocycles. The molecule has 2 amide bonds. The quantitative estimate of drug-likeness (QED) is 0.830. The molecule has 0 radical (unpaired) electrons. The lowest BCUT2D eigenvalue weighted by molar-refractivity contribution is -0.197. The molecule has 2 aliphatic heterocycles. The summed E-state index contributed by atoms with van der Waals surface area (Å²) >= 11 is 0. The molecular formula is C16H20N2O4. The standard InChI is InChI=1S/C16H20N2O4/c1-17-14(19)11-16(22-17)6-8-18(9-7-16)15(20)12-4-3-5-13(10-12)21-2/h3-5,10H,6-9,11H2,1-2H3. The number of hydroxylamine groups is 2. The third-order valence-corrected chi connectivity index (χ3v) is 4.43. The molecule has 0 aliphatic carbocycles. The van der Waals surface area contributed by atoms with Gasteiger partial charge in [0.05, 0.1) is 13.5 Å². The summed E-state index contributed by atoms with van der Waals surface area (Å²) in [5.74, 6) is 0.671. The van der Waals surface area contributed by atoms with E-state index in [9.17, 15) is 9.59 Å². The third-order valence-electron chi connectivity index (χ3n) is 4.43. The lowest BCUT2D eigenvalue weighted by Gasteiger charge is -2.37. The van der Waals surface area contributed by atoms with Gasteiger partial charge >= 0.3 is 0 Å². The van der Waals surface area contributed by atoms with Gasteiger partial charge in [-0.3, -0.25) is 14.4 Å². The minimum atomic E-state index is -0.420. The number of ether oxygens (including phenoxy) is 1. The summed E-state index contributed by atoms with van der Waals surface area (Å²) in [5, 5.41) is 1.32. The topological polar surface area (TPSA) is 59.1 Å². The van der Waals surface area contributed by atoms with Gasteiger partial charge in [-0.05, 0) is 31.0 Å². The average molecular weight is 304 g/mol. The Bertz CT molecular complexity index is 594. The fourth-order valence-electron chi connectivity index (χ4n) is 3.08. The highest BCUT2D eigenvalue weighted by Crippen LogP contribution is 2.36. The smallest absolute Gasteiger partial charge is 0.253 e. The van der Waals surface area contributed by atoms with Gasteiger partial charge in [0.15, 0.2) is 0 Å². The van der Waals surface area contributed by atoms with Gasteiger partial charge in [-0.1, -0.05) is 6.07 Å². The van der Waals surface area contributed by atoms with Crippen molar-refractivity contribution in [3.8, 4) is 5.75 Å². The molecule has 2 fully saturated rings. The van der Waals surface area contributed by atoms with Crippen molar-refractivity contribution >= 4 is 11.8 Å². The number of likely N-dealkylation sites (tertiary alicyclic amines) is 1. The highest BCUT2D eigenvalue weighted by atomic mass is 16.7. The zero-order chi connectivity index (χ0) is 15.7. The second kappa shape index (κ2) is 5.61. The summed E-state index contributed by atoms with van der Waals surface area (Å²) in [6.07, 6.45) is 1.77. The molecule has 3 rings (SSSR count). The molecule has 0 bridgehead atoms. The molecule has 1 spiro atoms. The molecule has 0 aromatic heterocycles. The van der Waals surface area contributed by atoms with Crippen molar-refractivity contribution in [2.24, 2.45) is 0 Å². The van der Waals surface area contributed by atoms with Gasteiger partial charge in [-0.25, -0.2) is 5.06 Å². The first-order valence-electron chi connectivity index (χ1n) is 7.42. The van der Waals surface area contributed by atoms with Crippen LogP contribution in [0.2, 0.25) is 0 Å². The maximum atomic E-state index is 12.6. The van der Waals surface area contributed by atoms with Crippen molar-refractivity contribution in [2.45, 2.75) is 24.9 Å². The first-order chi connectivity index (χ1) is 10.5. The molecule has 0 N–H and O–H groups in total. The Hall–Kier alpha value is -2.08. The van der Waals surface area contributed by atoms with Crippen molar-refractivity contribution in [1.82, 2.24) is 9.96 Å². The predicted octanol–water partition coefficient (Wildman–Crippen LogP) is 1.46. The van der Waals surface area contributed by atoms with Crippen LogP contribution in [-0.4, -0.2) is 54.6 Å². The summed E-state index contributed by atoms with van der Waals surface area (Å²) < 4.78 is 5.16. The molecule has 2 saturated heterocycles. The molecule has 0 saturated carbocycles. The first-order valence-corrected chi connectivity index (χ1v) is 7.42. The maximum absolute atomic E-state index is 12.6. The lowest BCUT2D eigenvalue weighted by atomic mass is 9.88. The number of hydrogen-bond donors (Lipinski definition) is 0. The second-order valence-electron chi connectivity index (χ2n) is 5.87. The Morgan fingerprint density at radius 2 is 2.05 bits per heavy atom. The van der Waals surface area contributed by atoms with Crippen molar-refractivity contribution in [2.75, 3.05) is 27.2 Å². The van der Waals surface area contributed by atoms with Crippen LogP contribution in [0, 0.1) is 0 Å². The first kappa shape index (κ1) is 14.8. The van der Waals surface area contributed by atoms with E-state index in [-0.39, 0.29) is 11.8 Å². The summed E-state index contributed by atoms with van der Waals surface area (Å²) in [5.41, 5.74) is 0.201. The van der Waals surface area contributed by atoms with Crippen LogP contribution in [0.15, 0.2) is 24.3 Å². The van der Waals surface area contributed by atoms with E-state index in [1.54, 1.807) is 26.3 Å². The fraction of sp³-hybridized carbons (Fsp3) is 0.500. The lowest BCUT2D eigenvalue weighted by Crippen LogP contribution is -2.46. The largest absolute Gasteiger partial charge is 0.497 e. The molecular weight excluding hydrogens is 284 g/mol. The van der Waals surface area contributed by atoms with Crippen molar-refractivity contribution in [3.05, 3.63) is 29.8 Å². The molecule has 0 unspecified atom stereocenters. The van der Waals surface area contributed by atoms with Gasteiger partial charge in [0, 0.05) is 25.7 Å². The number of amides is 2. The minimum Gasteiger partial charge on any atom is -0.497 e. The summed E-state index contributed by atoms with van der Waals surface area (Å²) in [6.45, 7) is 1.19. The van der Waals surface area contributed by atoms with Crippen LogP contribution in [0.3, 0.4) is 0 Å². The van der Waals surface area contributed by atoms with E-state index in [1.165, 1.54) is 5.06 Å². The molecule has 6 heteroatoms. The van der Waals surface area contributed by atoms with Gasteiger partial charge in [-0.2, -0.15) is 0 Å². The average Bonchev–Trinajstić information content (AvgIpc) is 2.81. The summed E-state index contributed by atoms with van der Waals surface area (Å²) in [4.78, 5) is 31.7. The molecule has 1 aromatic rings. The van der Waals surface area contributed by atoms with Gasteiger partial charge in [0.2, 0.25) is 5.91 Å². The Morgan fingerprint density at radius 3 is 2.64 bits per heavy atom. The summed E-state index contributed by atoms with van der Waals surface area (Å²) in [6, 6.07) is 7.16. The molecule has 2 aliphatic rings. The number of nitrogens with zero attached hydrogens (tertiary/aromatic N) is 2. The monoisotopic (exact) mass is 304 g/mol. The van der Waals surface area contributed by atoms with Gasteiger partial charge < -0.3 is 9.64 Å². The number of hydrogen-bond acceptors (Lipinski definition) is 4. The van der Waals surface area contributed by atoms with E-state index in [1.807, 2.05) is 17.0 Å². The molecule has 2 heterocycles. The van der Waals surface area contributed by atoms with Gasteiger partial charge in [0.1, 0.15) is 11.4 Å². The number of piperidine rings is 1. The highest BCUT2D eigenvalue weighted by Gasteiger charge is 2.46. The van der Waals surface area contributed by atoms with Crippen LogP contribution < -0.4 is 4.74 Å². The summed E-state index contributed by atoms with van der Waals surface area (Å²) in [7, 11) is 3.23. The molecule has 22 heavy (non-hydrogen) atoms. The Kier molecular flexibility index (Phi) is 3.78. The maximum Gasteiger partial charge on any atom is 0.253 e. The SMILES string of the molecule is COc1cccc(C(=O)N2CCC3(CC2)CC(=O)N(C)O3)c1. The molecule has 6 nitrogen and oxygen atoms in total. The highest BCUT2D eigenvalue weighted by molar-refractivity contribution is 5.94. The predicted molar refractivity (Wildman–Crippen MR) is 79.3 cm³/mol. The number of carbonyl (C=O) groups excluding carboxylic acids is 2. The Balaban J connectivity index is 1.66. The Morgan fingerprint density at radius 1 is 1.32 bits per heavy atom. The van der Waals surface area contributed by atoms with E-state index in [4.69, 9.17) is 9.57 Å². The van der Waals surface area contributed by atoms with Crippen molar-refractivity contribution < 1.29 is 19.2 Å². The number of benzene rings is 1. The van der Waals surface area contributed by atoms with E-state index < -0.39 is 5.60 Å². The minimum absolute atomic E-state index is 0.00701. The molecule has 0 atom stereocenters. The fourth-order valence-corrected chi connectivity index (χ4v) is 3.08. The van der Waals surface area contributed by atoms with Crippen molar-refractivity contribution in [1.29, 1.82) is 0 Å². The second-order valence-corrected chi connectivity index (χ2v) is 5.87. The van der Waals surface area contributed by atoms with E-state index in [0.717, 1.165) is 0 Å². The Labute approximate surface area is 129 Å². The number of rotatable bonds is 2. The number of methoxy groups -OCH3 is 1. The van der Waals surface area contributed by atoms with Crippen LogP contribution in [0.25, 0.3) is 0 Å². The van der Waals surface area contributed by atoms with Crippen LogP contribution in [0.5, 0.6) is 5.75 Å². The van der Waals surface area contributed by atoms with E-state index >= 15 is 0 Å². The van der Waals surface area contributed by atoms with E-state index in [2.05, 4.69) is 0 Å². The third kappa shape index (κ3) is 2.66. The normalized spacial score (nSPS) is 20.5. The van der Waals surface area contributed by atoms with Gasteiger partial charge in [-0.15, -0.1) is 0 Å². The van der Waals surface area contributed by atoms with Crippen LogP contribution >= 0.6 is 0 Å². The van der Waals surface area contributed by atoms with Crippen LogP contribution in [0.1, 0.15) is 29.6 Å². The van der Waals surface area contributed by atoms with Gasteiger partial charge in [0.25, 0.3) is 5.91 Å². The number of carbonyl (C=O) groups is 2. The van der Waals surface area contributed by atoms with Crippen LogP contribution in [0.4, 0.5) is 0 Å².